The molecular weight excluding hydrogens is 426 g/mol. The first-order valence-corrected chi connectivity index (χ1v) is 11.7. The van der Waals surface area contributed by atoms with Crippen molar-refractivity contribution in [2.75, 3.05) is 18.5 Å². The normalized spacial score (nSPS) is 14.9. The molecule has 8 nitrogen and oxygen atoms in total. The minimum Gasteiger partial charge on any atom is -0.490 e. The molecule has 2 heterocycles. The largest absolute Gasteiger partial charge is 0.490 e. The second kappa shape index (κ2) is 8.21. The molecular formula is C20H21N3O5S2. The minimum atomic E-state index is -3.94. The van der Waals surface area contributed by atoms with Gasteiger partial charge in [-0.1, -0.05) is 17.4 Å². The topological polar surface area (TPSA) is 107 Å². The highest BCUT2D eigenvalue weighted by atomic mass is 32.2. The third-order valence-electron chi connectivity index (χ3n) is 4.53. The van der Waals surface area contributed by atoms with E-state index < -0.39 is 22.0 Å². The number of sulfonamides is 1. The van der Waals surface area contributed by atoms with E-state index in [2.05, 4.69) is 15.0 Å². The molecule has 0 saturated carbocycles. The summed E-state index contributed by atoms with van der Waals surface area (Å²) < 4.78 is 39.9. The summed E-state index contributed by atoms with van der Waals surface area (Å²) in [6.07, 6.45) is 0.720. The molecule has 3 aromatic rings. The predicted molar refractivity (Wildman–Crippen MR) is 115 cm³/mol. The zero-order valence-corrected chi connectivity index (χ0v) is 18.1. The quantitative estimate of drug-likeness (QED) is 0.623. The van der Waals surface area contributed by atoms with Crippen molar-refractivity contribution in [1.82, 2.24) is 9.71 Å². The lowest BCUT2D eigenvalue weighted by molar-refractivity contribution is -0.117. The van der Waals surface area contributed by atoms with Crippen LogP contribution in [0.5, 0.6) is 11.5 Å². The Labute approximate surface area is 178 Å². The van der Waals surface area contributed by atoms with E-state index in [1.54, 1.807) is 6.07 Å². The Morgan fingerprint density at radius 2 is 1.90 bits per heavy atom. The van der Waals surface area contributed by atoms with E-state index in [1.807, 2.05) is 25.1 Å². The number of rotatable bonds is 5. The highest BCUT2D eigenvalue weighted by Gasteiger charge is 2.24. The van der Waals surface area contributed by atoms with E-state index in [1.165, 1.54) is 30.4 Å². The number of nitrogens with zero attached hydrogens (tertiary/aromatic N) is 1. The maximum absolute atomic E-state index is 12.7. The average Bonchev–Trinajstić information content (AvgIpc) is 2.93. The molecule has 0 radical (unpaired) electrons. The monoisotopic (exact) mass is 447 g/mol. The summed E-state index contributed by atoms with van der Waals surface area (Å²) in [5.41, 5.74) is 1.88. The predicted octanol–water partition coefficient (Wildman–Crippen LogP) is 3.07. The molecule has 30 heavy (non-hydrogen) atoms. The molecule has 1 amide bonds. The first-order chi connectivity index (χ1) is 14.3. The van der Waals surface area contributed by atoms with E-state index >= 15 is 0 Å². The van der Waals surface area contributed by atoms with Crippen molar-refractivity contribution >= 4 is 42.6 Å². The number of fused-ring (bicyclic) bond motifs is 2. The third-order valence-corrected chi connectivity index (χ3v) is 7.00. The van der Waals surface area contributed by atoms with Gasteiger partial charge in [-0.2, -0.15) is 4.72 Å². The Morgan fingerprint density at radius 1 is 1.13 bits per heavy atom. The molecule has 0 aliphatic carbocycles. The maximum Gasteiger partial charge on any atom is 0.244 e. The molecule has 1 atom stereocenters. The van der Waals surface area contributed by atoms with Gasteiger partial charge in [-0.15, -0.1) is 0 Å². The van der Waals surface area contributed by atoms with Crippen LogP contribution in [-0.2, 0) is 14.8 Å². The van der Waals surface area contributed by atoms with Crippen LogP contribution in [0.15, 0.2) is 41.3 Å². The summed E-state index contributed by atoms with van der Waals surface area (Å²) in [4.78, 5) is 16.9. The molecule has 158 valence electrons. The number of aryl methyl sites for hydroxylation is 1. The molecule has 4 rings (SSSR count). The fourth-order valence-corrected chi connectivity index (χ4v) is 5.15. The highest BCUT2D eigenvalue weighted by molar-refractivity contribution is 7.89. The molecule has 10 heteroatoms. The summed E-state index contributed by atoms with van der Waals surface area (Å²) in [5, 5.41) is 3.10. The Bertz CT molecular complexity index is 1210. The summed E-state index contributed by atoms with van der Waals surface area (Å²) in [6.45, 7) is 4.42. The van der Waals surface area contributed by atoms with Crippen molar-refractivity contribution in [2.24, 2.45) is 0 Å². The average molecular weight is 448 g/mol. The van der Waals surface area contributed by atoms with Crippen molar-refractivity contribution < 1.29 is 22.7 Å². The standard InChI is InChI=1S/C20H21N3O5S2/c1-12-4-6-15-18(10-12)29-20(21-15)22-19(24)13(2)23-30(25,26)14-5-7-16-17(11-14)28-9-3-8-27-16/h4-7,10-11,13,23H,3,8-9H2,1-2H3,(H,21,22,24)/t13-/m1/s1. The summed E-state index contributed by atoms with van der Waals surface area (Å²) >= 11 is 1.34. The Kier molecular flexibility index (Phi) is 5.63. The van der Waals surface area contributed by atoms with E-state index in [0.717, 1.165) is 22.2 Å². The number of aromatic nitrogens is 1. The highest BCUT2D eigenvalue weighted by Crippen LogP contribution is 2.32. The van der Waals surface area contributed by atoms with Crippen LogP contribution in [-0.4, -0.2) is 38.6 Å². The Hall–Kier alpha value is -2.69. The minimum absolute atomic E-state index is 0.00172. The van der Waals surface area contributed by atoms with E-state index in [4.69, 9.17) is 9.47 Å². The van der Waals surface area contributed by atoms with Crippen LogP contribution in [0.25, 0.3) is 10.2 Å². The molecule has 0 saturated heterocycles. The van der Waals surface area contributed by atoms with E-state index in [0.29, 0.717) is 29.8 Å². The number of amides is 1. The number of benzene rings is 2. The lowest BCUT2D eigenvalue weighted by Gasteiger charge is -2.14. The van der Waals surface area contributed by atoms with Gasteiger partial charge < -0.3 is 14.8 Å². The SMILES string of the molecule is Cc1ccc2nc(NC(=O)[C@@H](C)NS(=O)(=O)c3ccc4c(c3)OCCCO4)sc2c1. The number of hydrogen-bond donors (Lipinski definition) is 2. The van der Waals surface area contributed by atoms with Gasteiger partial charge in [0, 0.05) is 12.5 Å². The second-order valence-corrected chi connectivity index (χ2v) is 9.73. The molecule has 1 aliphatic rings. The van der Waals surface area contributed by atoms with Gasteiger partial charge in [0.2, 0.25) is 15.9 Å². The molecule has 0 bridgehead atoms. The van der Waals surface area contributed by atoms with Crippen molar-refractivity contribution in [2.45, 2.75) is 31.2 Å². The Morgan fingerprint density at radius 3 is 2.70 bits per heavy atom. The molecule has 0 unspecified atom stereocenters. The van der Waals surface area contributed by atoms with Crippen molar-refractivity contribution in [3.8, 4) is 11.5 Å². The number of hydrogen-bond acceptors (Lipinski definition) is 7. The van der Waals surface area contributed by atoms with Crippen molar-refractivity contribution in [3.63, 3.8) is 0 Å². The molecule has 1 aromatic heterocycles. The van der Waals surface area contributed by atoms with E-state index in [9.17, 15) is 13.2 Å². The number of carbonyl (C=O) groups excluding carboxylic acids is 1. The Balaban J connectivity index is 1.47. The summed E-state index contributed by atoms with van der Waals surface area (Å²) in [7, 11) is -3.94. The zero-order valence-electron chi connectivity index (χ0n) is 16.5. The van der Waals surface area contributed by atoms with Gasteiger partial charge in [-0.3, -0.25) is 4.79 Å². The van der Waals surface area contributed by atoms with Crippen LogP contribution in [0.3, 0.4) is 0 Å². The van der Waals surface area contributed by atoms with Gasteiger partial charge in [0.25, 0.3) is 0 Å². The van der Waals surface area contributed by atoms with Crippen LogP contribution in [0.1, 0.15) is 18.9 Å². The number of carbonyl (C=O) groups is 1. The van der Waals surface area contributed by atoms with Crippen LogP contribution in [0.4, 0.5) is 5.13 Å². The van der Waals surface area contributed by atoms with Crippen LogP contribution >= 0.6 is 11.3 Å². The third kappa shape index (κ3) is 4.40. The summed E-state index contributed by atoms with van der Waals surface area (Å²) in [6, 6.07) is 9.20. The number of thiazole rings is 1. The molecule has 0 fully saturated rings. The first-order valence-electron chi connectivity index (χ1n) is 9.42. The lowest BCUT2D eigenvalue weighted by Crippen LogP contribution is -2.41. The summed E-state index contributed by atoms with van der Waals surface area (Å²) in [5.74, 6) is 0.379. The second-order valence-electron chi connectivity index (χ2n) is 6.98. The molecule has 2 aromatic carbocycles. The van der Waals surface area contributed by atoms with Gasteiger partial charge in [0.1, 0.15) is 0 Å². The molecule has 0 spiro atoms. The van der Waals surface area contributed by atoms with Crippen LogP contribution in [0.2, 0.25) is 0 Å². The van der Waals surface area contributed by atoms with Crippen molar-refractivity contribution in [3.05, 3.63) is 42.0 Å². The number of anilines is 1. The van der Waals surface area contributed by atoms with Gasteiger partial charge in [-0.25, -0.2) is 13.4 Å². The lowest BCUT2D eigenvalue weighted by atomic mass is 10.2. The fourth-order valence-electron chi connectivity index (χ4n) is 2.96. The number of nitrogens with one attached hydrogen (secondary N) is 2. The fraction of sp³-hybridized carbons (Fsp3) is 0.300. The zero-order chi connectivity index (χ0) is 21.3. The van der Waals surface area contributed by atoms with Gasteiger partial charge in [0.15, 0.2) is 16.6 Å². The van der Waals surface area contributed by atoms with Gasteiger partial charge in [-0.05, 0) is 43.7 Å². The maximum atomic E-state index is 12.7. The van der Waals surface area contributed by atoms with Crippen LogP contribution < -0.4 is 19.5 Å². The molecule has 1 aliphatic heterocycles. The van der Waals surface area contributed by atoms with Crippen LogP contribution in [0, 0.1) is 6.92 Å². The first kappa shape index (κ1) is 20.6. The van der Waals surface area contributed by atoms with E-state index in [-0.39, 0.29) is 4.90 Å². The molecule has 2 N–H and O–H groups in total. The number of ether oxygens (including phenoxy) is 2. The van der Waals surface area contributed by atoms with Gasteiger partial charge >= 0.3 is 0 Å². The smallest absolute Gasteiger partial charge is 0.244 e. The van der Waals surface area contributed by atoms with Gasteiger partial charge in [0.05, 0.1) is 34.4 Å². The van der Waals surface area contributed by atoms with Crippen molar-refractivity contribution in [1.29, 1.82) is 0 Å².